The van der Waals surface area contributed by atoms with Crippen molar-refractivity contribution < 1.29 is 9.90 Å². The summed E-state index contributed by atoms with van der Waals surface area (Å²) >= 11 is 0. The van der Waals surface area contributed by atoms with Crippen molar-refractivity contribution in [3.8, 4) is 0 Å². The molecule has 0 heterocycles. The maximum Gasteiger partial charge on any atom is 0.300 e. The number of aliphatic carboxylic acids is 1. The first-order valence-corrected chi connectivity index (χ1v) is 3.65. The molecule has 1 N–H and O–H groups in total. The van der Waals surface area contributed by atoms with Crippen LogP contribution in [0.1, 0.15) is 20.3 Å². The van der Waals surface area contributed by atoms with E-state index in [1.54, 1.807) is 0 Å². The van der Waals surface area contributed by atoms with Gasteiger partial charge in [0.2, 0.25) is 0 Å². The van der Waals surface area contributed by atoms with E-state index in [9.17, 15) is 0 Å². The Morgan fingerprint density at radius 1 is 1.45 bits per heavy atom. The molecule has 0 fully saturated rings. The first-order valence-electron chi connectivity index (χ1n) is 3.65. The van der Waals surface area contributed by atoms with E-state index in [4.69, 9.17) is 9.90 Å². The summed E-state index contributed by atoms with van der Waals surface area (Å²) < 4.78 is 0. The average molecular weight is 154 g/mol. The van der Waals surface area contributed by atoms with Gasteiger partial charge in [-0.2, -0.15) is 0 Å². The van der Waals surface area contributed by atoms with Gasteiger partial charge >= 0.3 is 0 Å². The van der Waals surface area contributed by atoms with Crippen molar-refractivity contribution >= 4 is 5.97 Å². The molecule has 11 heavy (non-hydrogen) atoms. The van der Waals surface area contributed by atoms with Gasteiger partial charge in [-0.25, -0.2) is 0 Å². The van der Waals surface area contributed by atoms with E-state index in [1.165, 1.54) is 0 Å². The number of rotatable bonds is 0. The molecule has 2 nitrogen and oxygen atoms in total. The van der Waals surface area contributed by atoms with Crippen molar-refractivity contribution in [2.24, 2.45) is 5.92 Å². The topological polar surface area (TPSA) is 37.3 Å². The quantitative estimate of drug-likeness (QED) is 0.543. The molecule has 0 radical (unpaired) electrons. The molecule has 0 saturated carbocycles. The molecule has 0 saturated heterocycles. The van der Waals surface area contributed by atoms with Gasteiger partial charge in [-0.3, -0.25) is 4.79 Å². The summed E-state index contributed by atoms with van der Waals surface area (Å²) in [5.41, 5.74) is 0. The molecule has 0 spiro atoms. The largest absolute Gasteiger partial charge is 0.481 e. The minimum absolute atomic E-state index is 0.675. The van der Waals surface area contributed by atoms with Crippen LogP contribution in [0.15, 0.2) is 24.3 Å². The van der Waals surface area contributed by atoms with Crippen LogP contribution in [0.25, 0.3) is 0 Å². The van der Waals surface area contributed by atoms with Crippen molar-refractivity contribution in [2.45, 2.75) is 20.3 Å². The van der Waals surface area contributed by atoms with Crippen molar-refractivity contribution in [1.82, 2.24) is 0 Å². The summed E-state index contributed by atoms with van der Waals surface area (Å²) in [7, 11) is 0. The van der Waals surface area contributed by atoms with Gasteiger partial charge in [0.1, 0.15) is 0 Å². The molecular weight excluding hydrogens is 140 g/mol. The van der Waals surface area contributed by atoms with Gasteiger partial charge < -0.3 is 5.11 Å². The van der Waals surface area contributed by atoms with Gasteiger partial charge in [-0.1, -0.05) is 31.2 Å². The number of allylic oxidation sites excluding steroid dienone is 4. The third-order valence-corrected chi connectivity index (χ3v) is 1.15. The monoisotopic (exact) mass is 154 g/mol. The van der Waals surface area contributed by atoms with E-state index in [-0.39, 0.29) is 0 Å². The van der Waals surface area contributed by atoms with E-state index in [1.807, 2.05) is 0 Å². The molecule has 0 aromatic rings. The van der Waals surface area contributed by atoms with Crippen LogP contribution in [-0.4, -0.2) is 11.1 Å². The lowest BCUT2D eigenvalue weighted by Gasteiger charge is -1.99. The van der Waals surface area contributed by atoms with Gasteiger partial charge in [0.05, 0.1) is 0 Å². The lowest BCUT2D eigenvalue weighted by atomic mass is 10.1. The molecule has 1 rings (SSSR count). The Bertz CT molecular complexity index is 152. The summed E-state index contributed by atoms with van der Waals surface area (Å²) in [6.07, 6.45) is 9.97. The molecule has 0 aromatic carbocycles. The predicted octanol–water partition coefficient (Wildman–Crippen LogP) is 2.23. The summed E-state index contributed by atoms with van der Waals surface area (Å²) in [4.78, 5) is 9.00. The second-order valence-electron chi connectivity index (χ2n) is 2.47. The van der Waals surface area contributed by atoms with E-state index in [0.717, 1.165) is 13.3 Å². The third-order valence-electron chi connectivity index (χ3n) is 1.15. The normalized spacial score (nSPS) is 15.5. The summed E-state index contributed by atoms with van der Waals surface area (Å²) in [6, 6.07) is 0. The highest BCUT2D eigenvalue weighted by molar-refractivity contribution is 5.62. The summed E-state index contributed by atoms with van der Waals surface area (Å²) in [5, 5.41) is 7.42. The Kier molecular flexibility index (Phi) is 5.17. The van der Waals surface area contributed by atoms with Crippen LogP contribution in [-0.2, 0) is 4.79 Å². The highest BCUT2D eigenvalue weighted by Crippen LogP contribution is 2.06. The molecule has 0 aliphatic heterocycles. The van der Waals surface area contributed by atoms with Crippen LogP contribution < -0.4 is 0 Å². The Labute approximate surface area is 67.2 Å². The molecule has 1 aliphatic carbocycles. The van der Waals surface area contributed by atoms with Gasteiger partial charge in [0, 0.05) is 6.92 Å². The van der Waals surface area contributed by atoms with E-state index >= 15 is 0 Å². The SMILES string of the molecule is CC(=O)O.CC1C=CCC=C1. The number of carbonyl (C=O) groups is 1. The van der Waals surface area contributed by atoms with E-state index < -0.39 is 5.97 Å². The van der Waals surface area contributed by atoms with Gasteiger partial charge in [-0.15, -0.1) is 0 Å². The first-order chi connectivity index (χ1) is 5.13. The Morgan fingerprint density at radius 3 is 2.00 bits per heavy atom. The Balaban J connectivity index is 0.000000218. The number of carboxylic acid groups (broad SMARTS) is 1. The summed E-state index contributed by atoms with van der Waals surface area (Å²) in [6.45, 7) is 3.27. The summed E-state index contributed by atoms with van der Waals surface area (Å²) in [5.74, 6) is -0.159. The minimum atomic E-state index is -0.833. The maximum atomic E-state index is 9.00. The fraction of sp³-hybridized carbons (Fsp3) is 0.444. The van der Waals surface area contributed by atoms with Crippen LogP contribution in [0.5, 0.6) is 0 Å². The van der Waals surface area contributed by atoms with E-state index in [0.29, 0.717) is 5.92 Å². The molecule has 0 unspecified atom stereocenters. The second kappa shape index (κ2) is 5.71. The molecular formula is C9H14O2. The minimum Gasteiger partial charge on any atom is -0.481 e. The molecule has 2 heteroatoms. The molecule has 0 atom stereocenters. The van der Waals surface area contributed by atoms with Crippen LogP contribution in [0, 0.1) is 5.92 Å². The van der Waals surface area contributed by atoms with Crippen LogP contribution in [0.2, 0.25) is 0 Å². The first kappa shape index (κ1) is 9.95. The van der Waals surface area contributed by atoms with Crippen molar-refractivity contribution in [3.63, 3.8) is 0 Å². The number of hydrogen-bond acceptors (Lipinski definition) is 1. The molecule has 0 bridgehead atoms. The van der Waals surface area contributed by atoms with Crippen LogP contribution in [0.3, 0.4) is 0 Å². The van der Waals surface area contributed by atoms with E-state index in [2.05, 4.69) is 31.2 Å². The van der Waals surface area contributed by atoms with Crippen molar-refractivity contribution in [1.29, 1.82) is 0 Å². The zero-order chi connectivity index (χ0) is 8.69. The molecule has 62 valence electrons. The second-order valence-corrected chi connectivity index (χ2v) is 2.47. The van der Waals surface area contributed by atoms with Crippen LogP contribution >= 0.6 is 0 Å². The third kappa shape index (κ3) is 8.95. The molecule has 0 amide bonds. The van der Waals surface area contributed by atoms with Crippen LogP contribution in [0.4, 0.5) is 0 Å². The Morgan fingerprint density at radius 2 is 1.82 bits per heavy atom. The average Bonchev–Trinajstić information content (AvgIpc) is 1.87. The maximum absolute atomic E-state index is 9.00. The Hall–Kier alpha value is -1.05. The zero-order valence-electron chi connectivity index (χ0n) is 6.95. The standard InChI is InChI=1S/C7H10.C2H4O2/c1-7-5-3-2-4-6-7;1-2(3)4/h3-7H,2H2,1H3;1H3,(H,3,4). The van der Waals surface area contributed by atoms with Gasteiger partial charge in [0.15, 0.2) is 0 Å². The smallest absolute Gasteiger partial charge is 0.300 e. The van der Waals surface area contributed by atoms with Crippen molar-refractivity contribution in [2.75, 3.05) is 0 Å². The lowest BCUT2D eigenvalue weighted by molar-refractivity contribution is -0.134. The number of hydrogen-bond donors (Lipinski definition) is 1. The van der Waals surface area contributed by atoms with Crippen molar-refractivity contribution in [3.05, 3.63) is 24.3 Å². The molecule has 0 aromatic heterocycles. The molecule has 1 aliphatic rings. The fourth-order valence-corrected chi connectivity index (χ4v) is 0.729. The van der Waals surface area contributed by atoms with Gasteiger partial charge in [0.25, 0.3) is 5.97 Å². The zero-order valence-corrected chi connectivity index (χ0v) is 6.95. The highest BCUT2D eigenvalue weighted by Gasteiger charge is 1.90. The highest BCUT2D eigenvalue weighted by atomic mass is 16.4. The number of carboxylic acids is 1. The predicted molar refractivity (Wildman–Crippen MR) is 45.4 cm³/mol. The fourth-order valence-electron chi connectivity index (χ4n) is 0.729. The lowest BCUT2D eigenvalue weighted by Crippen LogP contribution is -1.84. The van der Waals surface area contributed by atoms with Gasteiger partial charge in [-0.05, 0) is 12.3 Å².